The zero-order valence-electron chi connectivity index (χ0n) is 7.92. The van der Waals surface area contributed by atoms with Crippen molar-refractivity contribution < 1.29 is 9.90 Å². The number of hydrogen-bond acceptors (Lipinski definition) is 2. The maximum atomic E-state index is 10.0. The lowest BCUT2D eigenvalue weighted by Crippen LogP contribution is -2.28. The quantitative estimate of drug-likeness (QED) is 0.512. The van der Waals surface area contributed by atoms with Crippen molar-refractivity contribution in [2.45, 2.75) is 32.8 Å². The largest absolute Gasteiger partial charge is 0.385 e. The Balaban J connectivity index is 4.43. The monoisotopic (exact) mass is 168 g/mol. The third-order valence-corrected chi connectivity index (χ3v) is 1.74. The Morgan fingerprint density at radius 3 is 2.33 bits per heavy atom. The van der Waals surface area contributed by atoms with Gasteiger partial charge in [-0.05, 0) is 18.8 Å². The van der Waals surface area contributed by atoms with Gasteiger partial charge in [0.05, 0.1) is 5.60 Å². The van der Waals surface area contributed by atoms with Crippen molar-refractivity contribution in [2.75, 3.05) is 0 Å². The van der Waals surface area contributed by atoms with Gasteiger partial charge in [0.25, 0.3) is 0 Å². The number of rotatable bonds is 4. The van der Waals surface area contributed by atoms with E-state index in [1.54, 1.807) is 18.9 Å². The van der Waals surface area contributed by atoms with Crippen molar-refractivity contribution in [3.05, 3.63) is 18.7 Å². The van der Waals surface area contributed by atoms with E-state index in [1.165, 1.54) is 0 Å². The zero-order chi connectivity index (χ0) is 9.83. The van der Waals surface area contributed by atoms with E-state index in [9.17, 15) is 9.90 Å². The summed E-state index contributed by atoms with van der Waals surface area (Å²) in [6.07, 6.45) is 3.37. The highest BCUT2D eigenvalue weighted by molar-refractivity contribution is 5.47. The van der Waals surface area contributed by atoms with E-state index in [-0.39, 0.29) is 5.41 Å². The van der Waals surface area contributed by atoms with Gasteiger partial charge in [-0.1, -0.05) is 19.9 Å². The second-order valence-corrected chi connectivity index (χ2v) is 3.99. The molecule has 0 heterocycles. The fourth-order valence-corrected chi connectivity index (χ4v) is 1.17. The van der Waals surface area contributed by atoms with Crippen LogP contribution in [-0.2, 0) is 4.79 Å². The number of allylic oxidation sites excluding steroid dienone is 1. The molecule has 0 aromatic carbocycles. The number of hydrogen-bond donors (Lipinski definition) is 1. The average molecular weight is 168 g/mol. The van der Waals surface area contributed by atoms with Crippen LogP contribution in [0.25, 0.3) is 0 Å². The molecule has 68 valence electrons. The smallest absolute Gasteiger partial charge is 0.123 e. The first-order valence-corrected chi connectivity index (χ1v) is 3.91. The molecule has 0 bridgehead atoms. The van der Waals surface area contributed by atoms with Gasteiger partial charge in [-0.3, -0.25) is 0 Å². The van der Waals surface area contributed by atoms with E-state index in [0.29, 0.717) is 6.42 Å². The summed E-state index contributed by atoms with van der Waals surface area (Å²) in [5.41, 5.74) is -1.25. The minimum atomic E-state index is -1.08. The van der Waals surface area contributed by atoms with Gasteiger partial charge in [-0.25, -0.2) is 4.79 Å². The Morgan fingerprint density at radius 1 is 1.50 bits per heavy atom. The highest BCUT2D eigenvalue weighted by atomic mass is 16.3. The van der Waals surface area contributed by atoms with Gasteiger partial charge in [0.15, 0.2) is 0 Å². The molecule has 2 heteroatoms. The van der Waals surface area contributed by atoms with Crippen LogP contribution in [0.2, 0.25) is 0 Å². The summed E-state index contributed by atoms with van der Waals surface area (Å²) in [6.45, 7) is 9.14. The molecule has 0 fully saturated rings. The third-order valence-electron chi connectivity index (χ3n) is 1.74. The molecule has 0 aliphatic carbocycles. The van der Waals surface area contributed by atoms with Crippen molar-refractivity contribution in [2.24, 2.45) is 5.41 Å². The molecule has 0 rings (SSSR count). The highest BCUT2D eigenvalue weighted by Crippen LogP contribution is 2.28. The van der Waals surface area contributed by atoms with E-state index in [1.807, 2.05) is 13.8 Å². The molecule has 0 saturated carbocycles. The van der Waals surface area contributed by atoms with Crippen LogP contribution in [0.1, 0.15) is 27.2 Å². The van der Waals surface area contributed by atoms with Gasteiger partial charge in [0.2, 0.25) is 0 Å². The zero-order valence-corrected chi connectivity index (χ0v) is 7.92. The van der Waals surface area contributed by atoms with Gasteiger partial charge in [-0.15, -0.1) is 6.58 Å². The minimum absolute atomic E-state index is 0.170. The molecule has 1 atom stereocenters. The Bertz CT molecular complexity index is 208. The number of carbonyl (C=O) groups excluding carboxylic acids is 1. The van der Waals surface area contributed by atoms with Crippen LogP contribution >= 0.6 is 0 Å². The maximum Gasteiger partial charge on any atom is 0.123 e. The van der Waals surface area contributed by atoms with E-state index in [0.717, 1.165) is 6.08 Å². The molecule has 0 aliphatic heterocycles. The summed E-state index contributed by atoms with van der Waals surface area (Å²) in [7, 11) is 0. The molecule has 12 heavy (non-hydrogen) atoms. The maximum absolute atomic E-state index is 10.0. The summed E-state index contributed by atoms with van der Waals surface area (Å²) in [5, 5.41) is 9.62. The van der Waals surface area contributed by atoms with Gasteiger partial charge in [-0.2, -0.15) is 0 Å². The molecular weight excluding hydrogens is 152 g/mol. The standard InChI is InChI=1S/C10H16O2/c1-5-9(2,3)8-10(4,12)6-7-11/h5-6,12H,1,8H2,2-4H3. The second kappa shape index (κ2) is 3.70. The van der Waals surface area contributed by atoms with E-state index < -0.39 is 5.60 Å². The lowest BCUT2D eigenvalue weighted by Gasteiger charge is -2.28. The third kappa shape index (κ3) is 4.12. The highest BCUT2D eigenvalue weighted by Gasteiger charge is 2.26. The average Bonchev–Trinajstić information content (AvgIpc) is 1.85. The predicted octanol–water partition coefficient (Wildman–Crippen LogP) is 1.73. The SMILES string of the molecule is C=CC(C)(C)CC(C)(O)C=C=O. The van der Waals surface area contributed by atoms with Crippen LogP contribution in [0.15, 0.2) is 18.7 Å². The van der Waals surface area contributed by atoms with Crippen LogP contribution in [-0.4, -0.2) is 16.6 Å². The first kappa shape index (κ1) is 11.2. The Kier molecular flexibility index (Phi) is 3.44. The summed E-state index contributed by atoms with van der Waals surface area (Å²) in [4.78, 5) is 10.0. The Morgan fingerprint density at radius 2 is 2.00 bits per heavy atom. The van der Waals surface area contributed by atoms with Gasteiger partial charge >= 0.3 is 0 Å². The van der Waals surface area contributed by atoms with E-state index in [2.05, 4.69) is 6.58 Å². The van der Waals surface area contributed by atoms with Crippen LogP contribution in [0.4, 0.5) is 0 Å². The molecule has 0 aromatic heterocycles. The van der Waals surface area contributed by atoms with Crippen molar-refractivity contribution >= 4 is 5.94 Å². The van der Waals surface area contributed by atoms with Crippen LogP contribution in [0.5, 0.6) is 0 Å². The summed E-state index contributed by atoms with van der Waals surface area (Å²) in [6, 6.07) is 0. The van der Waals surface area contributed by atoms with Crippen LogP contribution < -0.4 is 0 Å². The van der Waals surface area contributed by atoms with Crippen molar-refractivity contribution in [3.8, 4) is 0 Å². The van der Waals surface area contributed by atoms with Gasteiger partial charge < -0.3 is 5.11 Å². The Hall–Kier alpha value is -0.850. The fraction of sp³-hybridized carbons (Fsp3) is 0.600. The van der Waals surface area contributed by atoms with Crippen molar-refractivity contribution in [1.29, 1.82) is 0 Å². The molecule has 0 amide bonds. The second-order valence-electron chi connectivity index (χ2n) is 3.99. The molecule has 0 aromatic rings. The fourth-order valence-electron chi connectivity index (χ4n) is 1.17. The van der Waals surface area contributed by atoms with Crippen molar-refractivity contribution in [3.63, 3.8) is 0 Å². The van der Waals surface area contributed by atoms with E-state index in [4.69, 9.17) is 0 Å². The molecule has 0 aliphatic rings. The van der Waals surface area contributed by atoms with E-state index >= 15 is 0 Å². The molecule has 0 radical (unpaired) electrons. The topological polar surface area (TPSA) is 37.3 Å². The lowest BCUT2D eigenvalue weighted by atomic mass is 9.81. The summed E-state index contributed by atoms with van der Waals surface area (Å²) < 4.78 is 0. The van der Waals surface area contributed by atoms with Crippen molar-refractivity contribution in [1.82, 2.24) is 0 Å². The van der Waals surface area contributed by atoms with Gasteiger partial charge in [0, 0.05) is 6.08 Å². The molecule has 0 spiro atoms. The molecule has 0 saturated heterocycles. The predicted molar refractivity (Wildman–Crippen MR) is 49.5 cm³/mol. The molecule has 1 N–H and O–H groups in total. The van der Waals surface area contributed by atoms with Crippen LogP contribution in [0, 0.1) is 5.41 Å². The molecular formula is C10H16O2. The molecule has 2 nitrogen and oxygen atoms in total. The first-order chi connectivity index (χ1) is 5.33. The van der Waals surface area contributed by atoms with Gasteiger partial charge in [0.1, 0.15) is 5.94 Å². The minimum Gasteiger partial charge on any atom is -0.385 e. The number of aliphatic hydroxyl groups is 1. The lowest BCUT2D eigenvalue weighted by molar-refractivity contribution is 0.0733. The Labute approximate surface area is 73.6 Å². The van der Waals surface area contributed by atoms with Crippen LogP contribution in [0.3, 0.4) is 0 Å². The summed E-state index contributed by atoms with van der Waals surface area (Å²) >= 11 is 0. The normalized spacial score (nSPS) is 16.0. The first-order valence-electron chi connectivity index (χ1n) is 3.91. The molecule has 1 unspecified atom stereocenters. The summed E-state index contributed by atoms with van der Waals surface area (Å²) in [5.74, 6) is 1.60.